The van der Waals surface area contributed by atoms with Gasteiger partial charge in [0, 0.05) is 25.0 Å². The maximum Gasteiger partial charge on any atom is 0.0736 e. The first-order valence-electron chi connectivity index (χ1n) is 7.09. The molecule has 0 aliphatic heterocycles. The molecular formula is C17H25N3. The summed E-state index contributed by atoms with van der Waals surface area (Å²) in [5.41, 5.74) is 4.94. The number of aryl methyl sites for hydroxylation is 1. The first-order valence-corrected chi connectivity index (χ1v) is 7.09. The first-order chi connectivity index (χ1) is 9.09. The molecule has 2 rings (SSSR count). The summed E-state index contributed by atoms with van der Waals surface area (Å²) >= 11 is 0. The van der Waals surface area contributed by atoms with Crippen molar-refractivity contribution in [3.63, 3.8) is 0 Å². The lowest BCUT2D eigenvalue weighted by Crippen LogP contribution is -2.22. The molecule has 0 aliphatic carbocycles. The normalized spacial score (nSPS) is 12.8. The molecule has 0 bridgehead atoms. The van der Waals surface area contributed by atoms with Gasteiger partial charge in [-0.1, -0.05) is 41.5 Å². The molecule has 0 saturated carbocycles. The zero-order valence-corrected chi connectivity index (χ0v) is 13.7. The highest BCUT2D eigenvalue weighted by Gasteiger charge is 2.26. The van der Waals surface area contributed by atoms with Crippen LogP contribution in [0.2, 0.25) is 0 Å². The average molecular weight is 271 g/mol. The van der Waals surface area contributed by atoms with Crippen molar-refractivity contribution in [3.05, 3.63) is 35.8 Å². The molecule has 2 heterocycles. The predicted molar refractivity (Wildman–Crippen MR) is 83.8 cm³/mol. The van der Waals surface area contributed by atoms with Crippen LogP contribution >= 0.6 is 0 Å². The topological polar surface area (TPSA) is 30.7 Å². The molecule has 0 aromatic carbocycles. The molecule has 0 N–H and O–H groups in total. The maximum absolute atomic E-state index is 4.65. The Morgan fingerprint density at radius 1 is 0.900 bits per heavy atom. The van der Waals surface area contributed by atoms with Gasteiger partial charge >= 0.3 is 0 Å². The lowest BCUT2D eigenvalue weighted by molar-refractivity contribution is 0.528. The Hall–Kier alpha value is -1.64. The van der Waals surface area contributed by atoms with Crippen LogP contribution in [0.4, 0.5) is 0 Å². The monoisotopic (exact) mass is 271 g/mol. The van der Waals surface area contributed by atoms with Gasteiger partial charge in [0.1, 0.15) is 0 Å². The van der Waals surface area contributed by atoms with E-state index in [1.807, 2.05) is 30.3 Å². The highest BCUT2D eigenvalue weighted by Crippen LogP contribution is 2.35. The lowest BCUT2D eigenvalue weighted by atomic mass is 9.76. The summed E-state index contributed by atoms with van der Waals surface area (Å²) in [7, 11) is 1.93. The Morgan fingerprint density at radius 3 is 1.95 bits per heavy atom. The van der Waals surface area contributed by atoms with Crippen molar-refractivity contribution in [2.24, 2.45) is 7.05 Å². The van der Waals surface area contributed by atoms with Gasteiger partial charge < -0.3 is 0 Å². The van der Waals surface area contributed by atoms with Crippen LogP contribution in [0, 0.1) is 0 Å². The van der Waals surface area contributed by atoms with Crippen molar-refractivity contribution in [1.82, 2.24) is 14.8 Å². The van der Waals surface area contributed by atoms with Gasteiger partial charge in [-0.2, -0.15) is 5.10 Å². The van der Waals surface area contributed by atoms with Gasteiger partial charge in [-0.05, 0) is 28.0 Å². The van der Waals surface area contributed by atoms with E-state index in [0.29, 0.717) is 0 Å². The number of aromatic nitrogens is 3. The summed E-state index contributed by atoms with van der Waals surface area (Å²) in [4.78, 5) is 4.65. The van der Waals surface area contributed by atoms with Crippen LogP contribution in [-0.2, 0) is 17.9 Å². The molecule has 0 fully saturated rings. The molecule has 0 aliphatic rings. The van der Waals surface area contributed by atoms with E-state index in [1.165, 1.54) is 11.1 Å². The van der Waals surface area contributed by atoms with Gasteiger partial charge in [0.2, 0.25) is 0 Å². The summed E-state index contributed by atoms with van der Waals surface area (Å²) in [5, 5.41) is 4.23. The van der Waals surface area contributed by atoms with Crippen molar-refractivity contribution >= 4 is 0 Å². The number of nitrogens with zero attached hydrogens (tertiary/aromatic N) is 3. The number of hydrogen-bond acceptors (Lipinski definition) is 2. The minimum Gasteiger partial charge on any atom is -0.275 e. The highest BCUT2D eigenvalue weighted by molar-refractivity contribution is 5.59. The molecule has 0 atom stereocenters. The van der Waals surface area contributed by atoms with Crippen LogP contribution in [0.25, 0.3) is 11.3 Å². The van der Waals surface area contributed by atoms with E-state index in [-0.39, 0.29) is 10.8 Å². The molecule has 0 unspecified atom stereocenters. The second kappa shape index (κ2) is 4.72. The molecule has 2 aromatic rings. The Balaban J connectivity index is 2.61. The Labute approximate surface area is 122 Å². The zero-order chi connectivity index (χ0) is 15.1. The van der Waals surface area contributed by atoms with E-state index < -0.39 is 0 Å². The van der Waals surface area contributed by atoms with Crippen LogP contribution in [0.3, 0.4) is 0 Å². The van der Waals surface area contributed by atoms with E-state index >= 15 is 0 Å². The lowest BCUT2D eigenvalue weighted by Gasteiger charge is -2.30. The minimum atomic E-state index is 0.0997. The van der Waals surface area contributed by atoms with Crippen LogP contribution in [-0.4, -0.2) is 14.8 Å². The Morgan fingerprint density at radius 2 is 1.50 bits per heavy atom. The van der Waals surface area contributed by atoms with Crippen molar-refractivity contribution in [1.29, 1.82) is 0 Å². The number of hydrogen-bond donors (Lipinski definition) is 0. The van der Waals surface area contributed by atoms with Gasteiger partial charge in [-0.15, -0.1) is 0 Å². The third kappa shape index (κ3) is 2.92. The van der Waals surface area contributed by atoms with Gasteiger partial charge in [0.05, 0.1) is 11.9 Å². The van der Waals surface area contributed by atoms with Gasteiger partial charge in [-0.3, -0.25) is 9.67 Å². The van der Waals surface area contributed by atoms with Crippen LogP contribution < -0.4 is 0 Å². The summed E-state index contributed by atoms with van der Waals surface area (Å²) < 4.78 is 1.81. The third-order valence-corrected chi connectivity index (χ3v) is 3.52. The summed E-state index contributed by atoms with van der Waals surface area (Å²) in [6.07, 6.45) is 5.90. The van der Waals surface area contributed by atoms with Crippen LogP contribution in [0.1, 0.15) is 52.7 Å². The van der Waals surface area contributed by atoms with E-state index in [2.05, 4.69) is 57.7 Å². The first kappa shape index (κ1) is 14.8. The molecule has 3 heteroatoms. The summed E-state index contributed by atoms with van der Waals surface area (Å²) in [5.74, 6) is 0. The molecule has 0 spiro atoms. The van der Waals surface area contributed by atoms with Crippen LogP contribution in [0.5, 0.6) is 0 Å². The van der Waals surface area contributed by atoms with Crippen molar-refractivity contribution in [2.45, 2.75) is 52.4 Å². The van der Waals surface area contributed by atoms with Gasteiger partial charge in [0.25, 0.3) is 0 Å². The fraction of sp³-hybridized carbons (Fsp3) is 0.529. The van der Waals surface area contributed by atoms with Crippen molar-refractivity contribution in [2.75, 3.05) is 0 Å². The Kier molecular flexibility index (Phi) is 3.49. The van der Waals surface area contributed by atoms with Crippen LogP contribution in [0.15, 0.2) is 24.7 Å². The fourth-order valence-corrected chi connectivity index (χ4v) is 2.38. The number of rotatable bonds is 1. The summed E-state index contributed by atoms with van der Waals surface area (Å²) in [6.45, 7) is 13.5. The Bertz CT molecular complexity index is 610. The van der Waals surface area contributed by atoms with E-state index in [1.54, 1.807) is 0 Å². The quantitative estimate of drug-likeness (QED) is 0.782. The predicted octanol–water partition coefficient (Wildman–Crippen LogP) is 4.08. The fourth-order valence-electron chi connectivity index (χ4n) is 2.38. The van der Waals surface area contributed by atoms with Crippen molar-refractivity contribution in [3.8, 4) is 11.3 Å². The number of pyridine rings is 1. The van der Waals surface area contributed by atoms with E-state index in [0.717, 1.165) is 11.3 Å². The average Bonchev–Trinajstić information content (AvgIpc) is 2.73. The SMILES string of the molecule is Cn1cc(-c2cc(C(C)(C)C)c(C(C)(C)C)cn2)cn1. The van der Waals surface area contributed by atoms with Gasteiger partial charge in [-0.25, -0.2) is 0 Å². The zero-order valence-electron chi connectivity index (χ0n) is 13.7. The molecule has 108 valence electrons. The molecule has 2 aromatic heterocycles. The second-order valence-corrected chi connectivity index (χ2v) is 7.52. The third-order valence-electron chi connectivity index (χ3n) is 3.52. The largest absolute Gasteiger partial charge is 0.275 e. The molecule has 3 nitrogen and oxygen atoms in total. The highest BCUT2D eigenvalue weighted by atomic mass is 15.2. The standard InChI is InChI=1S/C17H25N3/c1-16(2,3)13-8-15(12-9-19-20(7)11-12)18-10-14(13)17(4,5)6/h8-11H,1-7H3. The van der Waals surface area contributed by atoms with Crippen molar-refractivity contribution < 1.29 is 0 Å². The summed E-state index contributed by atoms with van der Waals surface area (Å²) in [6, 6.07) is 2.22. The van der Waals surface area contributed by atoms with Gasteiger partial charge in [0.15, 0.2) is 0 Å². The minimum absolute atomic E-state index is 0.0997. The molecule has 0 saturated heterocycles. The second-order valence-electron chi connectivity index (χ2n) is 7.52. The maximum atomic E-state index is 4.65. The molecule has 0 amide bonds. The molecule has 20 heavy (non-hydrogen) atoms. The smallest absolute Gasteiger partial charge is 0.0736 e. The molecular weight excluding hydrogens is 246 g/mol. The molecule has 0 radical (unpaired) electrons. The van der Waals surface area contributed by atoms with E-state index in [9.17, 15) is 0 Å². The van der Waals surface area contributed by atoms with E-state index in [4.69, 9.17) is 0 Å².